The van der Waals surface area contributed by atoms with Gasteiger partial charge in [0.25, 0.3) is 0 Å². The Labute approximate surface area is 512 Å². The standard InChI is InChI=1S/C7H14.2C6H11F3.C6H12.C6H14.2C5H12.C4H7F3.5C4H10.C3H8.C2H6/c1-7-5-3-2-4-6-7;2*1-3-5(2)4-6(7,8)9;1-6-4-2-3-5-6;1-5-6(2,3)4;1-5(2,3)4;1-4-5(2)3;1-3(2)4(5,6)7;3*1-4(2)3;2*1-3-4-2;1-3-2;1-2/h7H,2-6H2,1H3;2*5H,3-4H2,1-2H3;6H,2-5H2,1H3;5H2,1-4H3;1-4H3;5H,4H2,1-3H3;3H,1-2H3;3*4H,1-3H3;2*3-4H2,1-2H3;3H2,1-2H3;1-2H3/t;2*5-;;;;;;;;;;;;/m.00............/s1/i7D;;;6D;5D2;;4D2;;2*4D;;3D2;;;. The molecule has 0 aromatic heterocycles. The van der Waals surface area contributed by atoms with Gasteiger partial charge in [-0.25, -0.2) is 0 Å². The third kappa shape index (κ3) is 257. The maximum atomic E-state index is 11.5. The fraction of sp³-hybridized carbons (Fsp3) is 1.00. The third-order valence-corrected chi connectivity index (χ3v) is 8.55. The lowest BCUT2D eigenvalue weighted by Gasteiger charge is -2.15. The average Bonchev–Trinajstić information content (AvgIpc) is 3.67. The largest absolute Gasteiger partial charge is 0.391 e. The van der Waals surface area contributed by atoms with E-state index in [4.69, 9.17) is 13.7 Å². The van der Waals surface area contributed by atoms with Crippen molar-refractivity contribution in [3.05, 3.63) is 0 Å². The maximum absolute atomic E-state index is 11.5. The lowest BCUT2D eigenvalue weighted by atomic mass is 9.91. The zero-order chi connectivity index (χ0) is 75.9. The molecule has 0 spiro atoms. The number of hydrogen-bond acceptors (Lipinski definition) is 0. The van der Waals surface area contributed by atoms with E-state index in [-0.39, 0.29) is 46.7 Å². The maximum Gasteiger partial charge on any atom is 0.391 e. The Morgan fingerprint density at radius 2 is 0.620 bits per heavy atom. The van der Waals surface area contributed by atoms with E-state index < -0.39 is 56.4 Å². The predicted molar refractivity (Wildman–Crippen MR) is 351 cm³/mol. The van der Waals surface area contributed by atoms with Crippen LogP contribution in [-0.2, 0) is 0 Å². The van der Waals surface area contributed by atoms with E-state index in [1.165, 1.54) is 51.4 Å². The van der Waals surface area contributed by atoms with Crippen LogP contribution in [-0.4, -0.2) is 18.5 Å². The molecule has 2 fully saturated rings. The normalized spacial score (nSPS) is 17.1. The first kappa shape index (κ1) is 82.6. The number of halogens is 9. The second kappa shape index (κ2) is 77.4. The first-order valence-electron chi connectivity index (χ1n) is 35.8. The van der Waals surface area contributed by atoms with Crippen LogP contribution in [0.4, 0.5) is 39.5 Å². The van der Waals surface area contributed by atoms with Crippen molar-refractivity contribution in [3.8, 4) is 0 Å². The van der Waals surface area contributed by atoms with Crippen molar-refractivity contribution in [2.45, 2.75) is 396 Å². The van der Waals surface area contributed by atoms with E-state index in [2.05, 4.69) is 76.2 Å². The molecule has 79 heavy (non-hydrogen) atoms. The van der Waals surface area contributed by atoms with Gasteiger partial charge in [-0.1, -0.05) is 365 Å². The molecule has 500 valence electrons. The van der Waals surface area contributed by atoms with Gasteiger partial charge in [-0.3, -0.25) is 0 Å². The van der Waals surface area contributed by atoms with Gasteiger partial charge >= 0.3 is 18.5 Å². The number of unbranched alkanes of at least 4 members (excludes halogenated alkanes) is 1. The minimum absolute atomic E-state index is 0.0556. The molecule has 0 aromatic rings. The molecule has 2 saturated carbocycles. The van der Waals surface area contributed by atoms with Crippen molar-refractivity contribution < 1.29 is 53.2 Å². The van der Waals surface area contributed by atoms with Gasteiger partial charge in [0.2, 0.25) is 0 Å². The molecule has 0 heterocycles. The quantitative estimate of drug-likeness (QED) is 0.223. The minimum atomic E-state index is -4.00. The molecule has 2 aliphatic carbocycles. The Morgan fingerprint density at radius 1 is 0.456 bits per heavy atom. The zero-order valence-electron chi connectivity index (χ0n) is 70.3. The molecule has 0 bridgehead atoms. The fourth-order valence-electron chi connectivity index (χ4n) is 3.21. The molecule has 0 unspecified atom stereocenters. The van der Waals surface area contributed by atoms with Crippen LogP contribution < -0.4 is 0 Å². The highest BCUT2D eigenvalue weighted by molar-refractivity contribution is 4.61. The SMILES string of the molecule is CC.CC(C)(C)C.CC(C)C.CC(C)C(F)(F)F.CCC.CCCC.CC[C@H](C)CC(F)(F)F.CC[C@H](C)CC(F)(F)F.[2H]C(C)(C)C.[2H]C(C)(C)C.[2H]C([2H])(C)C(C)(C)C.[2H]C([2H])(C)C(C)C.[2H]C([2H])(C)CC.[2H]C1(C)CCCC1.[2H]C1(C)CCCCC1. The van der Waals surface area contributed by atoms with Crippen molar-refractivity contribution in [1.29, 1.82) is 0 Å². The number of rotatable bonds is 7. The van der Waals surface area contributed by atoms with E-state index in [0.29, 0.717) is 24.7 Å². The van der Waals surface area contributed by atoms with Crippen LogP contribution in [0.2, 0.25) is 0 Å². The van der Waals surface area contributed by atoms with Gasteiger partial charge in [0.1, 0.15) is 0 Å². The summed E-state index contributed by atoms with van der Waals surface area (Å²) >= 11 is 0. The molecular weight excluding hydrogens is 1010 g/mol. The molecule has 2 aliphatic rings. The smallest absolute Gasteiger partial charge is 0.171 e. The molecule has 0 N–H and O–H groups in total. The summed E-state index contributed by atoms with van der Waals surface area (Å²) in [6.07, 6.45) is 0.353. The Morgan fingerprint density at radius 3 is 0.671 bits per heavy atom. The summed E-state index contributed by atoms with van der Waals surface area (Å²) in [4.78, 5) is 0. The van der Waals surface area contributed by atoms with Gasteiger partial charge in [0.05, 0.1) is 0 Å². The molecule has 0 radical (unpaired) electrons. The predicted octanol–water partition coefficient (Wildman–Crippen LogP) is 30.5. The summed E-state index contributed by atoms with van der Waals surface area (Å²) in [5, 5.41) is 0. The fourth-order valence-corrected chi connectivity index (χ4v) is 3.21. The van der Waals surface area contributed by atoms with Crippen LogP contribution in [0.3, 0.4) is 0 Å². The molecule has 0 saturated heterocycles. The van der Waals surface area contributed by atoms with Crippen LogP contribution in [0.1, 0.15) is 391 Å². The summed E-state index contributed by atoms with van der Waals surface area (Å²) in [7, 11) is 0. The summed E-state index contributed by atoms with van der Waals surface area (Å²) in [5.74, 6) is -1.33. The Hall–Kier alpha value is -0.630. The Bertz CT molecular complexity index is 1250. The molecule has 0 amide bonds. The van der Waals surface area contributed by atoms with Gasteiger partial charge < -0.3 is 0 Å². The van der Waals surface area contributed by atoms with E-state index in [9.17, 15) is 39.5 Å². The second-order valence-corrected chi connectivity index (χ2v) is 25.1. The Balaban J connectivity index is -0.0000000639. The topological polar surface area (TPSA) is 0 Å². The highest BCUT2D eigenvalue weighted by Crippen LogP contribution is 2.27. The highest BCUT2D eigenvalue weighted by Gasteiger charge is 2.32. The Kier molecular flexibility index (Phi) is 80.9. The molecule has 0 aromatic carbocycles. The van der Waals surface area contributed by atoms with Gasteiger partial charge in [0, 0.05) is 32.5 Å². The van der Waals surface area contributed by atoms with Crippen molar-refractivity contribution in [3.63, 3.8) is 0 Å². The van der Waals surface area contributed by atoms with E-state index in [1.807, 2.05) is 111 Å². The molecule has 9 heteroatoms. The third-order valence-electron chi connectivity index (χ3n) is 8.55. The molecule has 0 nitrogen and oxygen atoms in total. The summed E-state index contributed by atoms with van der Waals surface area (Å²) in [6, 6.07) is 0. The molecule has 0 aliphatic heterocycles. The van der Waals surface area contributed by atoms with Crippen LogP contribution in [0.5, 0.6) is 0 Å². The minimum Gasteiger partial charge on any atom is -0.171 e. The van der Waals surface area contributed by atoms with Crippen LogP contribution in [0.15, 0.2) is 0 Å². The van der Waals surface area contributed by atoms with E-state index in [0.717, 1.165) is 45.4 Å². The van der Waals surface area contributed by atoms with E-state index >= 15 is 0 Å². The van der Waals surface area contributed by atoms with Crippen LogP contribution in [0.25, 0.3) is 0 Å². The van der Waals surface area contributed by atoms with Crippen LogP contribution in [0, 0.1) is 64.0 Å². The summed E-state index contributed by atoms with van der Waals surface area (Å²) < 4.78 is 174. The molecule has 2 rings (SSSR count). The number of hydrogen-bond donors (Lipinski definition) is 0. The molecular formula is C70H157F9. The lowest BCUT2D eigenvalue weighted by molar-refractivity contribution is -0.164. The van der Waals surface area contributed by atoms with Gasteiger partial charge in [-0.15, -0.1) is 0 Å². The first-order valence-corrected chi connectivity index (χ1v) is 30.8. The van der Waals surface area contributed by atoms with Crippen molar-refractivity contribution >= 4 is 0 Å². The highest BCUT2D eigenvalue weighted by atomic mass is 19.4. The van der Waals surface area contributed by atoms with Gasteiger partial charge in [0.15, 0.2) is 0 Å². The monoisotopic (exact) mass is 1180 g/mol. The molecule has 2 atom stereocenters. The van der Waals surface area contributed by atoms with Crippen LogP contribution >= 0.6 is 0 Å². The van der Waals surface area contributed by atoms with Crippen molar-refractivity contribution in [2.75, 3.05) is 0 Å². The first-order chi connectivity index (χ1) is 38.6. The van der Waals surface area contributed by atoms with Crippen molar-refractivity contribution in [1.82, 2.24) is 0 Å². The van der Waals surface area contributed by atoms with Gasteiger partial charge in [-0.05, 0) is 58.1 Å². The summed E-state index contributed by atoms with van der Waals surface area (Å²) in [5.41, 5.74) is 0.271. The van der Waals surface area contributed by atoms with E-state index in [1.54, 1.807) is 48.5 Å². The van der Waals surface area contributed by atoms with Gasteiger partial charge in [-0.2, -0.15) is 39.5 Å². The summed E-state index contributed by atoms with van der Waals surface area (Å²) in [6.45, 7) is 68.1. The van der Waals surface area contributed by atoms with Crippen molar-refractivity contribution in [2.24, 2.45) is 64.0 Å². The number of alkyl halides is 9. The average molecular weight is 1180 g/mol. The zero-order valence-corrected chi connectivity index (χ0v) is 60.3. The second-order valence-electron chi connectivity index (χ2n) is 25.1. The lowest BCUT2D eigenvalue weighted by Crippen LogP contribution is -2.15.